The van der Waals surface area contributed by atoms with Crippen LogP contribution in [0.15, 0.2) is 107 Å². The zero-order chi connectivity index (χ0) is 24.9. The number of carbonyl (C=O) groups excluding carboxylic acids is 2. The second-order valence-corrected chi connectivity index (χ2v) is 9.27. The first kappa shape index (κ1) is 23.5. The number of hydrogen-bond acceptors (Lipinski definition) is 4. The van der Waals surface area contributed by atoms with Crippen LogP contribution in [0.1, 0.15) is 27.2 Å². The fourth-order valence-electron chi connectivity index (χ4n) is 3.87. The van der Waals surface area contributed by atoms with Gasteiger partial charge in [-0.2, -0.15) is 0 Å². The summed E-state index contributed by atoms with van der Waals surface area (Å²) in [5.41, 5.74) is 3.29. The van der Waals surface area contributed by atoms with Gasteiger partial charge in [-0.25, -0.2) is 4.39 Å². The van der Waals surface area contributed by atoms with Crippen LogP contribution in [-0.4, -0.2) is 16.8 Å². The molecular weight excluding hydrogens is 473 g/mol. The number of hydrogen-bond donors (Lipinski definition) is 1. The van der Waals surface area contributed by atoms with E-state index in [2.05, 4.69) is 10.3 Å². The van der Waals surface area contributed by atoms with Crippen molar-refractivity contribution in [2.75, 3.05) is 4.90 Å². The minimum atomic E-state index is -0.344. The number of halogens is 1. The molecule has 5 nitrogen and oxygen atoms in total. The van der Waals surface area contributed by atoms with Gasteiger partial charge in [0, 0.05) is 22.2 Å². The van der Waals surface area contributed by atoms with Crippen LogP contribution in [0.25, 0.3) is 6.08 Å². The van der Waals surface area contributed by atoms with E-state index in [0.29, 0.717) is 22.6 Å². The molecular formula is C29H22FN3O2S. The molecule has 1 aliphatic heterocycles. The fourth-order valence-corrected chi connectivity index (χ4v) is 4.93. The van der Waals surface area contributed by atoms with Crippen molar-refractivity contribution >= 4 is 35.3 Å². The summed E-state index contributed by atoms with van der Waals surface area (Å²) in [4.78, 5) is 33.2. The van der Waals surface area contributed by atoms with Gasteiger partial charge in [0.15, 0.2) is 0 Å². The van der Waals surface area contributed by atoms with Gasteiger partial charge in [-0.05, 0) is 54.1 Å². The fraction of sp³-hybridized carbons (Fsp3) is 0.0690. The Balaban J connectivity index is 1.35. The van der Waals surface area contributed by atoms with E-state index in [9.17, 15) is 14.0 Å². The summed E-state index contributed by atoms with van der Waals surface area (Å²) in [6.45, 7) is 0.476. The number of nitrogens with one attached hydrogen (secondary N) is 1. The maximum Gasteiger partial charge on any atom is 0.265 e. The van der Waals surface area contributed by atoms with Crippen molar-refractivity contribution in [3.63, 3.8) is 0 Å². The first-order valence-electron chi connectivity index (χ1n) is 11.4. The van der Waals surface area contributed by atoms with Gasteiger partial charge in [-0.3, -0.25) is 14.6 Å². The first-order valence-corrected chi connectivity index (χ1v) is 12.2. The lowest BCUT2D eigenvalue weighted by molar-refractivity contribution is -0.114. The van der Waals surface area contributed by atoms with Crippen molar-refractivity contribution in [3.05, 3.63) is 130 Å². The molecule has 1 aromatic heterocycles. The average Bonchev–Trinajstić information content (AvgIpc) is 2.91. The molecule has 4 aromatic rings. The van der Waals surface area contributed by atoms with E-state index in [-0.39, 0.29) is 24.2 Å². The van der Waals surface area contributed by atoms with Gasteiger partial charge in [0.25, 0.3) is 11.8 Å². The molecule has 3 aromatic carbocycles. The SMILES string of the molecule is O=C(NCc1ccccn1)c1ccc(C=C2Sc3ccccc3N(Cc3ccccc3F)C2=O)cc1. The van der Waals surface area contributed by atoms with Crippen molar-refractivity contribution in [1.29, 1.82) is 0 Å². The molecule has 2 heterocycles. The third-order valence-electron chi connectivity index (χ3n) is 5.75. The molecule has 0 saturated heterocycles. The monoisotopic (exact) mass is 495 g/mol. The predicted octanol–water partition coefficient (Wildman–Crippen LogP) is 5.83. The van der Waals surface area contributed by atoms with Gasteiger partial charge in [-0.15, -0.1) is 0 Å². The number of pyridine rings is 1. The van der Waals surface area contributed by atoms with Crippen LogP contribution in [0.5, 0.6) is 0 Å². The zero-order valence-electron chi connectivity index (χ0n) is 19.2. The van der Waals surface area contributed by atoms with E-state index in [0.717, 1.165) is 21.8 Å². The van der Waals surface area contributed by atoms with E-state index >= 15 is 0 Å². The topological polar surface area (TPSA) is 62.3 Å². The molecule has 0 unspecified atom stereocenters. The molecule has 0 bridgehead atoms. The van der Waals surface area contributed by atoms with E-state index in [1.165, 1.54) is 17.8 Å². The molecule has 1 N–H and O–H groups in total. The largest absolute Gasteiger partial charge is 0.346 e. The van der Waals surface area contributed by atoms with Gasteiger partial charge in [0.1, 0.15) is 5.82 Å². The van der Waals surface area contributed by atoms with Crippen molar-refractivity contribution in [2.45, 2.75) is 18.0 Å². The van der Waals surface area contributed by atoms with Gasteiger partial charge in [-0.1, -0.05) is 60.3 Å². The molecule has 7 heteroatoms. The minimum absolute atomic E-state index is 0.135. The smallest absolute Gasteiger partial charge is 0.265 e. The van der Waals surface area contributed by atoms with Crippen molar-refractivity contribution in [1.82, 2.24) is 10.3 Å². The number of aromatic nitrogens is 1. The van der Waals surface area contributed by atoms with E-state index < -0.39 is 0 Å². The number of anilines is 1. The Morgan fingerprint density at radius 1 is 0.944 bits per heavy atom. The Bertz CT molecular complexity index is 1440. The quantitative estimate of drug-likeness (QED) is 0.342. The number of carbonyl (C=O) groups is 2. The Morgan fingerprint density at radius 2 is 1.69 bits per heavy atom. The number of thioether (sulfide) groups is 1. The van der Waals surface area contributed by atoms with Gasteiger partial charge < -0.3 is 10.2 Å². The number of amides is 2. The molecule has 178 valence electrons. The summed E-state index contributed by atoms with van der Waals surface area (Å²) in [5.74, 6) is -0.740. The van der Waals surface area contributed by atoms with Crippen molar-refractivity contribution in [3.8, 4) is 0 Å². The third-order valence-corrected chi connectivity index (χ3v) is 6.82. The maximum absolute atomic E-state index is 14.4. The Kier molecular flexibility index (Phi) is 6.91. The molecule has 0 aliphatic carbocycles. The molecule has 0 atom stereocenters. The molecule has 0 fully saturated rings. The zero-order valence-corrected chi connectivity index (χ0v) is 20.0. The average molecular weight is 496 g/mol. The summed E-state index contributed by atoms with van der Waals surface area (Å²) in [6, 6.07) is 26.7. The summed E-state index contributed by atoms with van der Waals surface area (Å²) < 4.78 is 14.4. The van der Waals surface area contributed by atoms with E-state index in [4.69, 9.17) is 0 Å². The van der Waals surface area contributed by atoms with Crippen LogP contribution in [0.4, 0.5) is 10.1 Å². The highest BCUT2D eigenvalue weighted by Crippen LogP contribution is 2.42. The van der Waals surface area contributed by atoms with Crippen LogP contribution in [0.2, 0.25) is 0 Å². The lowest BCUT2D eigenvalue weighted by atomic mass is 10.1. The molecule has 2 amide bonds. The van der Waals surface area contributed by atoms with Gasteiger partial charge >= 0.3 is 0 Å². The minimum Gasteiger partial charge on any atom is -0.346 e. The number of nitrogens with zero attached hydrogens (tertiary/aromatic N) is 2. The molecule has 36 heavy (non-hydrogen) atoms. The highest BCUT2D eigenvalue weighted by molar-refractivity contribution is 8.04. The normalized spacial score (nSPS) is 14.0. The second kappa shape index (κ2) is 10.6. The Hall–Kier alpha value is -4.23. The summed E-state index contributed by atoms with van der Waals surface area (Å²) in [5, 5.41) is 2.86. The van der Waals surface area contributed by atoms with Crippen LogP contribution in [0, 0.1) is 5.82 Å². The van der Waals surface area contributed by atoms with E-state index in [1.807, 2.05) is 42.5 Å². The summed E-state index contributed by atoms with van der Waals surface area (Å²) in [7, 11) is 0. The summed E-state index contributed by atoms with van der Waals surface area (Å²) in [6.07, 6.45) is 3.48. The third kappa shape index (κ3) is 5.21. The molecule has 0 saturated carbocycles. The summed E-state index contributed by atoms with van der Waals surface area (Å²) >= 11 is 1.38. The molecule has 1 aliphatic rings. The van der Waals surface area contributed by atoms with Crippen molar-refractivity contribution < 1.29 is 14.0 Å². The number of rotatable bonds is 6. The number of para-hydroxylation sites is 1. The maximum atomic E-state index is 14.4. The van der Waals surface area contributed by atoms with Gasteiger partial charge in [0.2, 0.25) is 0 Å². The highest BCUT2D eigenvalue weighted by atomic mass is 32.2. The number of fused-ring (bicyclic) bond motifs is 1. The lowest BCUT2D eigenvalue weighted by Crippen LogP contribution is -2.34. The van der Waals surface area contributed by atoms with Crippen LogP contribution >= 0.6 is 11.8 Å². The Labute approximate surface area is 212 Å². The highest BCUT2D eigenvalue weighted by Gasteiger charge is 2.29. The molecule has 0 radical (unpaired) electrons. The number of benzene rings is 3. The molecule has 5 rings (SSSR count). The lowest BCUT2D eigenvalue weighted by Gasteiger charge is -2.30. The van der Waals surface area contributed by atoms with E-state index in [1.54, 1.807) is 59.6 Å². The van der Waals surface area contributed by atoms with Crippen LogP contribution in [-0.2, 0) is 17.9 Å². The first-order chi connectivity index (χ1) is 17.6. The van der Waals surface area contributed by atoms with Crippen LogP contribution in [0.3, 0.4) is 0 Å². The predicted molar refractivity (Wildman–Crippen MR) is 140 cm³/mol. The molecule has 0 spiro atoms. The second-order valence-electron chi connectivity index (χ2n) is 8.19. The van der Waals surface area contributed by atoms with Crippen molar-refractivity contribution in [2.24, 2.45) is 0 Å². The van der Waals surface area contributed by atoms with Crippen LogP contribution < -0.4 is 10.2 Å². The Morgan fingerprint density at radius 3 is 2.47 bits per heavy atom. The standard InChI is InChI=1S/C29H22FN3O2S/c30-24-9-2-1-7-22(24)19-33-25-10-3-4-11-26(25)36-27(29(33)35)17-20-12-14-21(15-13-20)28(34)32-18-23-8-5-6-16-31-23/h1-17H,18-19H2,(H,32,34). The van der Waals surface area contributed by atoms with Gasteiger partial charge in [0.05, 0.1) is 29.4 Å².